The van der Waals surface area contributed by atoms with Gasteiger partial charge in [-0.05, 0) is 88.3 Å². The smallest absolute Gasteiger partial charge is 0.338 e. The topological polar surface area (TPSA) is 97.9 Å². The number of hydrogen-bond donors (Lipinski definition) is 0. The molecule has 1 saturated carbocycles. The number of nitrogens with zero attached hydrogens (tertiary/aromatic N) is 3. The Bertz CT molecular complexity index is 1380. The molecular weight excluding hydrogens is 621 g/mol. The van der Waals surface area contributed by atoms with Crippen LogP contribution in [0.25, 0.3) is 0 Å². The summed E-state index contributed by atoms with van der Waals surface area (Å²) in [5, 5.41) is 0. The standard InChI is InChI=1S/C38H56BN3O7/c1-6-7-21-49-38(45)30-11-8-10-28(23-30)24-36(43)40(31-13-14-31)19-18-32-15-16-33(26-41(32)39)42(27(2)3)37(44)29-12-17-34(47-5)35(25-29)48-22-9-20-46-4/h8,10-12,17,23,25,27,31-33H,6-7,9,13-16,18-22,24,26,39H2,1-5H3/t32-,33-/m1/s1. The second kappa shape index (κ2) is 19.0. The van der Waals surface area contributed by atoms with Gasteiger partial charge in [-0.1, -0.05) is 25.5 Å². The number of rotatable bonds is 19. The van der Waals surface area contributed by atoms with E-state index >= 15 is 0 Å². The fraction of sp³-hybridized carbons (Fsp3) is 0.605. The second-order valence-electron chi connectivity index (χ2n) is 13.7. The average molecular weight is 678 g/mol. The van der Waals surface area contributed by atoms with Crippen LogP contribution in [0.3, 0.4) is 0 Å². The molecule has 1 saturated heterocycles. The van der Waals surface area contributed by atoms with Gasteiger partial charge in [0, 0.05) is 63.0 Å². The van der Waals surface area contributed by atoms with E-state index in [1.165, 1.54) is 0 Å². The highest BCUT2D eigenvalue weighted by Gasteiger charge is 2.36. The molecule has 2 fully saturated rings. The highest BCUT2D eigenvalue weighted by atomic mass is 16.5. The summed E-state index contributed by atoms with van der Waals surface area (Å²) in [6.45, 7) is 9.14. The second-order valence-corrected chi connectivity index (χ2v) is 13.7. The van der Waals surface area contributed by atoms with E-state index < -0.39 is 0 Å². The van der Waals surface area contributed by atoms with E-state index in [1.54, 1.807) is 38.5 Å². The quantitative estimate of drug-likeness (QED) is 0.118. The Balaban J connectivity index is 1.34. The summed E-state index contributed by atoms with van der Waals surface area (Å²) in [6.07, 6.45) is 7.61. The predicted molar refractivity (Wildman–Crippen MR) is 193 cm³/mol. The van der Waals surface area contributed by atoms with Crippen LogP contribution in [0.5, 0.6) is 11.5 Å². The Labute approximate surface area is 293 Å². The minimum atomic E-state index is -0.338. The first-order valence-electron chi connectivity index (χ1n) is 18.0. The van der Waals surface area contributed by atoms with Crippen LogP contribution in [-0.4, -0.2) is 112 Å². The lowest BCUT2D eigenvalue weighted by Crippen LogP contribution is -2.55. The van der Waals surface area contributed by atoms with E-state index in [4.69, 9.17) is 18.9 Å². The molecule has 2 aromatic rings. The molecule has 2 atom stereocenters. The van der Waals surface area contributed by atoms with Crippen LogP contribution in [0.15, 0.2) is 42.5 Å². The molecular formula is C38H56BN3O7. The maximum atomic E-state index is 14.0. The number of hydrogen-bond acceptors (Lipinski definition) is 8. The van der Waals surface area contributed by atoms with Crippen LogP contribution in [0.4, 0.5) is 0 Å². The summed E-state index contributed by atoms with van der Waals surface area (Å²) >= 11 is 0. The molecule has 10 nitrogen and oxygen atoms in total. The summed E-state index contributed by atoms with van der Waals surface area (Å²) in [4.78, 5) is 46.4. The van der Waals surface area contributed by atoms with Crippen LogP contribution in [-0.2, 0) is 20.7 Å². The largest absolute Gasteiger partial charge is 0.493 e. The van der Waals surface area contributed by atoms with Gasteiger partial charge in [0.2, 0.25) is 5.91 Å². The van der Waals surface area contributed by atoms with Crippen molar-refractivity contribution in [3.05, 3.63) is 59.2 Å². The fourth-order valence-corrected chi connectivity index (χ4v) is 6.71. The third kappa shape index (κ3) is 11.0. The van der Waals surface area contributed by atoms with Gasteiger partial charge in [0.15, 0.2) is 19.5 Å². The zero-order chi connectivity index (χ0) is 35.3. The van der Waals surface area contributed by atoms with E-state index in [9.17, 15) is 14.4 Å². The third-order valence-electron chi connectivity index (χ3n) is 9.56. The molecule has 2 aliphatic rings. The Hall–Kier alpha value is -3.57. The number of piperidine rings is 1. The van der Waals surface area contributed by atoms with Crippen LogP contribution < -0.4 is 9.47 Å². The van der Waals surface area contributed by atoms with Crippen LogP contribution >= 0.6 is 0 Å². The molecule has 0 N–H and O–H groups in total. The van der Waals surface area contributed by atoms with Gasteiger partial charge in [0.25, 0.3) is 5.91 Å². The van der Waals surface area contributed by atoms with Crippen molar-refractivity contribution in [3.63, 3.8) is 0 Å². The first-order chi connectivity index (χ1) is 23.7. The lowest BCUT2D eigenvalue weighted by atomic mass is 9.91. The normalized spacial score (nSPS) is 17.8. The molecule has 268 valence electrons. The molecule has 2 aromatic carbocycles. The number of benzene rings is 2. The zero-order valence-electron chi connectivity index (χ0n) is 30.4. The molecule has 1 aliphatic heterocycles. The van der Waals surface area contributed by atoms with Gasteiger partial charge in [0.05, 0.1) is 32.3 Å². The van der Waals surface area contributed by atoms with Crippen LogP contribution in [0.1, 0.15) is 98.4 Å². The Morgan fingerprint density at radius 2 is 1.69 bits per heavy atom. The van der Waals surface area contributed by atoms with E-state index in [2.05, 4.69) is 38.5 Å². The number of carbonyl (C=O) groups excluding carboxylic acids is 3. The highest BCUT2D eigenvalue weighted by Crippen LogP contribution is 2.32. The van der Waals surface area contributed by atoms with Gasteiger partial charge in [0.1, 0.15) is 0 Å². The van der Waals surface area contributed by atoms with Crippen molar-refractivity contribution in [2.24, 2.45) is 0 Å². The van der Waals surface area contributed by atoms with Crippen molar-refractivity contribution in [2.75, 3.05) is 47.1 Å². The zero-order valence-corrected chi connectivity index (χ0v) is 30.4. The SMILES string of the molecule is BN1C[C@H](N(C(=O)c2ccc(OC)c(OCCCOC)c2)C(C)C)CC[C@@H]1CCN(C(=O)Cc1cccc(C(=O)OCCCC)c1)C1CC1. The Morgan fingerprint density at radius 1 is 0.918 bits per heavy atom. The number of ether oxygens (including phenoxy) is 4. The highest BCUT2D eigenvalue weighted by molar-refractivity contribution is 6.04. The summed E-state index contributed by atoms with van der Waals surface area (Å²) in [5.74, 6) is 0.907. The van der Waals surface area contributed by atoms with Crippen molar-refractivity contribution in [1.82, 2.24) is 14.6 Å². The number of unbranched alkanes of at least 4 members (excludes halogenated alkanes) is 1. The number of amides is 2. The molecule has 11 heteroatoms. The summed E-state index contributed by atoms with van der Waals surface area (Å²) < 4.78 is 21.9. The van der Waals surface area contributed by atoms with Crippen molar-refractivity contribution in [2.45, 2.75) is 103 Å². The summed E-state index contributed by atoms with van der Waals surface area (Å²) in [7, 11) is 5.39. The van der Waals surface area contributed by atoms with Gasteiger partial charge in [-0.25, -0.2) is 4.79 Å². The van der Waals surface area contributed by atoms with E-state index in [0.717, 1.165) is 63.5 Å². The van der Waals surface area contributed by atoms with Gasteiger partial charge < -0.3 is 33.6 Å². The predicted octanol–water partition coefficient (Wildman–Crippen LogP) is 4.92. The molecule has 1 heterocycles. The maximum Gasteiger partial charge on any atom is 0.338 e. The number of esters is 1. The Kier molecular flexibility index (Phi) is 14.8. The van der Waals surface area contributed by atoms with Crippen LogP contribution in [0.2, 0.25) is 0 Å². The Morgan fingerprint density at radius 3 is 2.37 bits per heavy atom. The summed E-state index contributed by atoms with van der Waals surface area (Å²) in [6, 6.07) is 13.4. The minimum Gasteiger partial charge on any atom is -0.493 e. The minimum absolute atomic E-state index is 0.0139. The maximum absolute atomic E-state index is 14.0. The van der Waals surface area contributed by atoms with E-state index in [-0.39, 0.29) is 36.3 Å². The molecule has 0 bridgehead atoms. The average Bonchev–Trinajstić information content (AvgIpc) is 3.93. The summed E-state index contributed by atoms with van der Waals surface area (Å²) in [5.41, 5.74) is 1.90. The molecule has 0 spiro atoms. The molecule has 1 aliphatic carbocycles. The van der Waals surface area contributed by atoms with Crippen molar-refractivity contribution < 1.29 is 33.3 Å². The van der Waals surface area contributed by atoms with E-state index in [0.29, 0.717) is 61.1 Å². The number of carbonyl (C=O) groups is 3. The first-order valence-corrected chi connectivity index (χ1v) is 18.0. The van der Waals surface area contributed by atoms with Crippen molar-refractivity contribution in [1.29, 1.82) is 0 Å². The van der Waals surface area contributed by atoms with Crippen LogP contribution in [0, 0.1) is 0 Å². The van der Waals surface area contributed by atoms with Gasteiger partial charge >= 0.3 is 5.97 Å². The first kappa shape index (κ1) is 38.2. The third-order valence-corrected chi connectivity index (χ3v) is 9.56. The van der Waals surface area contributed by atoms with E-state index in [1.807, 2.05) is 23.1 Å². The van der Waals surface area contributed by atoms with Gasteiger partial charge in [-0.15, -0.1) is 0 Å². The van der Waals surface area contributed by atoms with Crippen molar-refractivity contribution in [3.8, 4) is 11.5 Å². The molecule has 0 unspecified atom stereocenters. The van der Waals surface area contributed by atoms with Crippen molar-refractivity contribution >= 4 is 25.8 Å². The number of methoxy groups -OCH3 is 2. The monoisotopic (exact) mass is 677 g/mol. The molecule has 2 amide bonds. The fourth-order valence-electron chi connectivity index (χ4n) is 6.71. The lowest BCUT2D eigenvalue weighted by Gasteiger charge is -2.44. The lowest BCUT2D eigenvalue weighted by molar-refractivity contribution is -0.131. The molecule has 0 radical (unpaired) electrons. The molecule has 4 rings (SSSR count). The molecule has 0 aromatic heterocycles. The molecule has 49 heavy (non-hydrogen) atoms. The van der Waals surface area contributed by atoms with Gasteiger partial charge in [-0.3, -0.25) is 9.59 Å². The van der Waals surface area contributed by atoms with Gasteiger partial charge in [-0.2, -0.15) is 0 Å².